The maximum absolute atomic E-state index is 11.7. The third-order valence-electron chi connectivity index (χ3n) is 3.36. The van der Waals surface area contributed by atoms with E-state index in [1.54, 1.807) is 0 Å². The molecule has 2 heteroatoms. The van der Waals surface area contributed by atoms with E-state index in [9.17, 15) is 4.79 Å². The molecular formula is C16H32OSn. The number of hydrogen-bond acceptors (Lipinski definition) is 1. The fourth-order valence-corrected chi connectivity index (χ4v) is 5.13. The molecular weight excluding hydrogens is 327 g/mol. The summed E-state index contributed by atoms with van der Waals surface area (Å²) >= 11 is -0.655. The Morgan fingerprint density at radius 3 is 1.83 bits per heavy atom. The van der Waals surface area contributed by atoms with Gasteiger partial charge in [0.25, 0.3) is 0 Å². The summed E-state index contributed by atoms with van der Waals surface area (Å²) in [5.41, 5.74) is 0. The standard InChI is InChI=1S/C8H15O.C8H17.Sn/c1-2-3-4-5-6-7-8-9;1-3-5-7-8-6-4-2;/h2-7H2,1H3;1,3-8H2,2H3;. The Bertz CT molecular complexity index is 180. The second-order valence-electron chi connectivity index (χ2n) is 5.28. The molecule has 0 rings (SSSR count). The quantitative estimate of drug-likeness (QED) is 0.302. The zero-order valence-electron chi connectivity index (χ0n) is 12.6. The van der Waals surface area contributed by atoms with Gasteiger partial charge in [0.15, 0.2) is 0 Å². The molecule has 106 valence electrons. The van der Waals surface area contributed by atoms with E-state index >= 15 is 0 Å². The van der Waals surface area contributed by atoms with E-state index in [4.69, 9.17) is 0 Å². The van der Waals surface area contributed by atoms with E-state index in [1.165, 1.54) is 68.6 Å². The van der Waals surface area contributed by atoms with Gasteiger partial charge in [-0.2, -0.15) is 0 Å². The van der Waals surface area contributed by atoms with Crippen molar-refractivity contribution in [2.75, 3.05) is 0 Å². The topological polar surface area (TPSA) is 17.1 Å². The van der Waals surface area contributed by atoms with Crippen molar-refractivity contribution in [2.24, 2.45) is 0 Å². The Balaban J connectivity index is 3.12. The SMILES string of the molecule is CCCCCCC[CH2][Sn][C](=O)CCCCCCC. The molecule has 0 aromatic heterocycles. The first-order chi connectivity index (χ1) is 8.81. The van der Waals surface area contributed by atoms with Crippen LogP contribution in [0, 0.1) is 0 Å². The Kier molecular flexibility index (Phi) is 15.9. The molecule has 0 aliphatic heterocycles. The van der Waals surface area contributed by atoms with Crippen molar-refractivity contribution in [1.29, 1.82) is 0 Å². The Labute approximate surface area is 125 Å². The van der Waals surface area contributed by atoms with Crippen molar-refractivity contribution in [1.82, 2.24) is 0 Å². The van der Waals surface area contributed by atoms with E-state index in [0.717, 1.165) is 12.8 Å². The zero-order chi connectivity index (χ0) is 13.5. The van der Waals surface area contributed by atoms with Crippen LogP contribution in [0.5, 0.6) is 0 Å². The number of carbonyl (C=O) groups is 1. The Morgan fingerprint density at radius 1 is 0.722 bits per heavy atom. The van der Waals surface area contributed by atoms with Gasteiger partial charge >= 0.3 is 125 Å². The van der Waals surface area contributed by atoms with Crippen LogP contribution < -0.4 is 0 Å². The first-order valence-corrected chi connectivity index (χ1v) is 11.5. The fourth-order valence-electron chi connectivity index (χ4n) is 2.11. The van der Waals surface area contributed by atoms with Crippen LogP contribution in [0.15, 0.2) is 0 Å². The van der Waals surface area contributed by atoms with Crippen LogP contribution >= 0.6 is 0 Å². The normalized spacial score (nSPS) is 10.8. The summed E-state index contributed by atoms with van der Waals surface area (Å²) in [5.74, 6) is 0. The van der Waals surface area contributed by atoms with Crippen molar-refractivity contribution in [3.63, 3.8) is 0 Å². The molecule has 0 atom stereocenters. The van der Waals surface area contributed by atoms with Crippen LogP contribution in [-0.4, -0.2) is 24.9 Å². The summed E-state index contributed by atoms with van der Waals surface area (Å²) in [7, 11) is 0. The van der Waals surface area contributed by atoms with Gasteiger partial charge in [0.2, 0.25) is 0 Å². The number of carbonyl (C=O) groups excluding carboxylic acids is 1. The van der Waals surface area contributed by atoms with Crippen LogP contribution in [0.3, 0.4) is 0 Å². The number of unbranched alkanes of at least 4 members (excludes halogenated alkanes) is 9. The van der Waals surface area contributed by atoms with Crippen molar-refractivity contribution >= 4 is 24.9 Å². The second-order valence-corrected chi connectivity index (χ2v) is 9.31. The first kappa shape index (κ1) is 18.5. The Hall–Kier alpha value is 0.469. The summed E-state index contributed by atoms with van der Waals surface area (Å²) in [6.45, 7) is 4.49. The van der Waals surface area contributed by atoms with Gasteiger partial charge in [-0.15, -0.1) is 0 Å². The molecule has 0 aliphatic rings. The molecule has 1 nitrogen and oxygen atoms in total. The van der Waals surface area contributed by atoms with Crippen LogP contribution in [0.4, 0.5) is 0 Å². The van der Waals surface area contributed by atoms with Gasteiger partial charge in [-0.25, -0.2) is 0 Å². The average molecular weight is 359 g/mol. The van der Waals surface area contributed by atoms with Gasteiger partial charge in [-0.05, 0) is 0 Å². The van der Waals surface area contributed by atoms with Crippen molar-refractivity contribution in [3.8, 4) is 0 Å². The van der Waals surface area contributed by atoms with Crippen LogP contribution in [0.25, 0.3) is 0 Å². The Morgan fingerprint density at radius 2 is 1.22 bits per heavy atom. The number of rotatable bonds is 14. The summed E-state index contributed by atoms with van der Waals surface area (Å²) in [4.78, 5) is 11.7. The van der Waals surface area contributed by atoms with Gasteiger partial charge in [-0.3, -0.25) is 0 Å². The predicted molar refractivity (Wildman–Crippen MR) is 82.3 cm³/mol. The third kappa shape index (κ3) is 14.5. The summed E-state index contributed by atoms with van der Waals surface area (Å²) < 4.78 is 1.96. The van der Waals surface area contributed by atoms with Crippen LogP contribution in [0.1, 0.15) is 90.9 Å². The molecule has 2 radical (unpaired) electrons. The van der Waals surface area contributed by atoms with Gasteiger partial charge in [0.1, 0.15) is 0 Å². The van der Waals surface area contributed by atoms with E-state index < -0.39 is 21.1 Å². The molecule has 0 spiro atoms. The molecule has 18 heavy (non-hydrogen) atoms. The minimum atomic E-state index is -0.655. The van der Waals surface area contributed by atoms with Gasteiger partial charge in [-0.1, -0.05) is 0 Å². The van der Waals surface area contributed by atoms with Gasteiger partial charge < -0.3 is 0 Å². The average Bonchev–Trinajstić information content (AvgIpc) is 2.37. The van der Waals surface area contributed by atoms with Crippen LogP contribution in [0.2, 0.25) is 4.44 Å². The first-order valence-electron chi connectivity index (χ1n) is 8.08. The van der Waals surface area contributed by atoms with E-state index in [1.807, 2.05) is 0 Å². The van der Waals surface area contributed by atoms with Gasteiger partial charge in [0.05, 0.1) is 0 Å². The van der Waals surface area contributed by atoms with Crippen molar-refractivity contribution in [2.45, 2.75) is 95.3 Å². The number of hydrogen-bond donors (Lipinski definition) is 0. The van der Waals surface area contributed by atoms with Crippen molar-refractivity contribution < 1.29 is 4.79 Å². The third-order valence-corrected chi connectivity index (χ3v) is 6.92. The molecule has 0 N–H and O–H groups in total. The molecule has 0 aromatic carbocycles. The summed E-state index contributed by atoms with van der Waals surface area (Å²) in [6.07, 6.45) is 15.5. The fraction of sp³-hybridized carbons (Fsp3) is 0.938. The maximum atomic E-state index is 11.7. The molecule has 0 amide bonds. The molecule has 0 saturated heterocycles. The molecule has 0 heterocycles. The monoisotopic (exact) mass is 360 g/mol. The van der Waals surface area contributed by atoms with E-state index in [2.05, 4.69) is 13.8 Å². The molecule has 0 aliphatic carbocycles. The summed E-state index contributed by atoms with van der Waals surface area (Å²) in [5, 5.41) is 0. The summed E-state index contributed by atoms with van der Waals surface area (Å²) in [6, 6.07) is 0. The van der Waals surface area contributed by atoms with Gasteiger partial charge in [0, 0.05) is 0 Å². The zero-order valence-corrected chi connectivity index (χ0v) is 15.5. The van der Waals surface area contributed by atoms with Crippen LogP contribution in [-0.2, 0) is 4.79 Å². The molecule has 0 aromatic rings. The molecule has 0 bridgehead atoms. The van der Waals surface area contributed by atoms with E-state index in [0.29, 0.717) is 3.80 Å². The second kappa shape index (κ2) is 15.5. The molecule has 0 unspecified atom stereocenters. The van der Waals surface area contributed by atoms with Crippen molar-refractivity contribution in [3.05, 3.63) is 0 Å². The molecule has 0 saturated carbocycles. The molecule has 0 fully saturated rings. The predicted octanol–water partition coefficient (Wildman–Crippen LogP) is 5.36. The van der Waals surface area contributed by atoms with E-state index in [-0.39, 0.29) is 0 Å². The minimum absolute atomic E-state index is 0.655.